The van der Waals surface area contributed by atoms with Crippen molar-refractivity contribution in [1.82, 2.24) is 0 Å². The van der Waals surface area contributed by atoms with Crippen molar-refractivity contribution < 1.29 is 13.5 Å². The lowest BCUT2D eigenvalue weighted by Crippen LogP contribution is -2.00. The van der Waals surface area contributed by atoms with Gasteiger partial charge in [-0.15, -0.1) is 0 Å². The van der Waals surface area contributed by atoms with Crippen LogP contribution in [0.5, 0.6) is 11.5 Å². The second-order valence-electron chi connectivity index (χ2n) is 3.99. The molecule has 0 fully saturated rings. The summed E-state index contributed by atoms with van der Waals surface area (Å²) in [5.74, 6) is -0.912. The minimum atomic E-state index is -0.737. The largest absolute Gasteiger partial charge is 0.454 e. The van der Waals surface area contributed by atoms with Crippen molar-refractivity contribution in [3.05, 3.63) is 59.2 Å². The molecule has 2 N–H and O–H groups in total. The lowest BCUT2D eigenvalue weighted by molar-refractivity contribution is 0.433. The van der Waals surface area contributed by atoms with Crippen molar-refractivity contribution in [1.29, 1.82) is 0 Å². The fourth-order valence-electron chi connectivity index (χ4n) is 1.64. The third kappa shape index (κ3) is 2.65. The summed E-state index contributed by atoms with van der Waals surface area (Å²) in [5, 5.41) is 0. The van der Waals surface area contributed by atoms with Crippen LogP contribution in [0.2, 0.25) is 0 Å². The van der Waals surface area contributed by atoms with E-state index in [0.717, 1.165) is 23.3 Å². The zero-order valence-electron chi connectivity index (χ0n) is 9.91. The van der Waals surface area contributed by atoms with Crippen LogP contribution in [0.15, 0.2) is 36.4 Å². The summed E-state index contributed by atoms with van der Waals surface area (Å²) < 4.78 is 31.6. The van der Waals surface area contributed by atoms with Gasteiger partial charge in [-0.25, -0.2) is 8.78 Å². The first kappa shape index (κ1) is 12.5. The van der Waals surface area contributed by atoms with E-state index in [1.165, 1.54) is 6.07 Å². The number of hydrogen-bond donors (Lipinski definition) is 1. The Bertz CT molecular complexity index is 570. The fraction of sp³-hybridized carbons (Fsp3) is 0.143. The van der Waals surface area contributed by atoms with Crippen LogP contribution in [0.25, 0.3) is 0 Å². The Morgan fingerprint density at radius 1 is 1.06 bits per heavy atom. The molecule has 0 heterocycles. The molecular weight excluding hydrogens is 236 g/mol. The van der Waals surface area contributed by atoms with Crippen LogP contribution < -0.4 is 10.5 Å². The SMILES string of the molecule is Cc1ccc(Oc2ccc(F)cc2F)c(CN)c1. The molecule has 2 rings (SSSR count). The first-order valence-corrected chi connectivity index (χ1v) is 5.52. The van der Waals surface area contributed by atoms with Crippen LogP contribution in [-0.4, -0.2) is 0 Å². The monoisotopic (exact) mass is 249 g/mol. The Morgan fingerprint density at radius 3 is 2.44 bits per heavy atom. The van der Waals surface area contributed by atoms with Crippen molar-refractivity contribution in [2.75, 3.05) is 0 Å². The van der Waals surface area contributed by atoms with Crippen molar-refractivity contribution in [3.63, 3.8) is 0 Å². The van der Waals surface area contributed by atoms with Gasteiger partial charge in [-0.05, 0) is 25.1 Å². The van der Waals surface area contributed by atoms with Crippen LogP contribution in [-0.2, 0) is 6.54 Å². The first-order valence-electron chi connectivity index (χ1n) is 5.52. The Hall–Kier alpha value is -1.94. The molecule has 0 aromatic heterocycles. The molecule has 2 nitrogen and oxygen atoms in total. The molecule has 4 heteroatoms. The summed E-state index contributed by atoms with van der Waals surface area (Å²) in [5.41, 5.74) is 7.42. The molecule has 0 aliphatic heterocycles. The van der Waals surface area contributed by atoms with Crippen LogP contribution in [0, 0.1) is 18.6 Å². The summed E-state index contributed by atoms with van der Waals surface area (Å²) >= 11 is 0. The summed E-state index contributed by atoms with van der Waals surface area (Å²) in [6.07, 6.45) is 0. The van der Waals surface area contributed by atoms with Crippen molar-refractivity contribution in [2.24, 2.45) is 5.73 Å². The Morgan fingerprint density at radius 2 is 1.78 bits per heavy atom. The third-order valence-corrected chi connectivity index (χ3v) is 2.55. The van der Waals surface area contributed by atoms with E-state index in [9.17, 15) is 8.78 Å². The van der Waals surface area contributed by atoms with Gasteiger partial charge in [0.05, 0.1) is 0 Å². The van der Waals surface area contributed by atoms with E-state index >= 15 is 0 Å². The normalized spacial score (nSPS) is 10.4. The molecule has 0 saturated carbocycles. The maximum absolute atomic E-state index is 13.5. The predicted octanol–water partition coefficient (Wildman–Crippen LogP) is 3.52. The topological polar surface area (TPSA) is 35.2 Å². The lowest BCUT2D eigenvalue weighted by atomic mass is 10.1. The van der Waals surface area contributed by atoms with Gasteiger partial charge < -0.3 is 10.5 Å². The van der Waals surface area contributed by atoms with Gasteiger partial charge >= 0.3 is 0 Å². The average Bonchev–Trinajstić information content (AvgIpc) is 2.34. The van der Waals surface area contributed by atoms with E-state index < -0.39 is 11.6 Å². The van der Waals surface area contributed by atoms with Crippen LogP contribution >= 0.6 is 0 Å². The molecule has 18 heavy (non-hydrogen) atoms. The second kappa shape index (κ2) is 5.14. The highest BCUT2D eigenvalue weighted by Gasteiger charge is 2.09. The van der Waals surface area contributed by atoms with Gasteiger partial charge in [0.2, 0.25) is 0 Å². The molecule has 0 amide bonds. The van der Waals surface area contributed by atoms with Crippen molar-refractivity contribution in [3.8, 4) is 11.5 Å². The number of nitrogens with two attached hydrogens (primary N) is 1. The van der Waals surface area contributed by atoms with Crippen molar-refractivity contribution in [2.45, 2.75) is 13.5 Å². The van der Waals surface area contributed by atoms with Crippen LogP contribution in [0.3, 0.4) is 0 Å². The van der Waals surface area contributed by atoms with Gasteiger partial charge in [0, 0.05) is 18.2 Å². The lowest BCUT2D eigenvalue weighted by Gasteiger charge is -2.11. The van der Waals surface area contributed by atoms with Gasteiger partial charge in [0.25, 0.3) is 0 Å². The highest BCUT2D eigenvalue weighted by atomic mass is 19.1. The molecule has 0 spiro atoms. The second-order valence-corrected chi connectivity index (χ2v) is 3.99. The Kier molecular flexibility index (Phi) is 3.58. The van der Waals surface area contributed by atoms with Crippen LogP contribution in [0.4, 0.5) is 8.78 Å². The van der Waals surface area contributed by atoms with Gasteiger partial charge in [0.15, 0.2) is 11.6 Å². The molecule has 0 aliphatic rings. The highest BCUT2D eigenvalue weighted by molar-refractivity contribution is 5.40. The van der Waals surface area contributed by atoms with E-state index in [1.54, 1.807) is 6.07 Å². The number of hydrogen-bond acceptors (Lipinski definition) is 2. The first-order chi connectivity index (χ1) is 8.60. The van der Waals surface area contributed by atoms with E-state index in [2.05, 4.69) is 0 Å². The number of ether oxygens (including phenoxy) is 1. The molecule has 0 saturated heterocycles. The highest BCUT2D eigenvalue weighted by Crippen LogP contribution is 2.28. The van der Waals surface area contributed by atoms with E-state index in [4.69, 9.17) is 10.5 Å². The molecule has 0 bridgehead atoms. The van der Waals surface area contributed by atoms with Gasteiger partial charge in [-0.1, -0.05) is 17.7 Å². The maximum atomic E-state index is 13.5. The molecule has 2 aromatic rings. The average molecular weight is 249 g/mol. The summed E-state index contributed by atoms with van der Waals surface area (Å²) in [4.78, 5) is 0. The number of rotatable bonds is 3. The van der Waals surface area contributed by atoms with Crippen molar-refractivity contribution >= 4 is 0 Å². The number of benzene rings is 2. The summed E-state index contributed by atoms with van der Waals surface area (Å²) in [6.45, 7) is 2.22. The molecule has 0 radical (unpaired) electrons. The smallest absolute Gasteiger partial charge is 0.168 e. The van der Waals surface area contributed by atoms with E-state index in [0.29, 0.717) is 12.3 Å². The molecule has 0 aliphatic carbocycles. The number of aryl methyl sites for hydroxylation is 1. The van der Waals surface area contributed by atoms with Gasteiger partial charge in [-0.3, -0.25) is 0 Å². The quantitative estimate of drug-likeness (QED) is 0.903. The zero-order valence-corrected chi connectivity index (χ0v) is 9.91. The maximum Gasteiger partial charge on any atom is 0.168 e. The van der Waals surface area contributed by atoms with E-state index in [1.807, 2.05) is 19.1 Å². The summed E-state index contributed by atoms with van der Waals surface area (Å²) in [7, 11) is 0. The van der Waals surface area contributed by atoms with Crippen LogP contribution in [0.1, 0.15) is 11.1 Å². The third-order valence-electron chi connectivity index (χ3n) is 2.55. The fourth-order valence-corrected chi connectivity index (χ4v) is 1.64. The van der Waals surface area contributed by atoms with E-state index in [-0.39, 0.29) is 5.75 Å². The molecule has 94 valence electrons. The Labute approximate surface area is 104 Å². The van der Waals surface area contributed by atoms with Gasteiger partial charge in [-0.2, -0.15) is 0 Å². The number of halogens is 2. The molecule has 0 atom stereocenters. The minimum absolute atomic E-state index is 0.0186. The minimum Gasteiger partial charge on any atom is -0.454 e. The predicted molar refractivity (Wildman–Crippen MR) is 65.5 cm³/mol. The molecule has 2 aromatic carbocycles. The standard InChI is InChI=1S/C14H13F2NO/c1-9-2-4-13(10(6-9)8-17)18-14-5-3-11(15)7-12(14)16/h2-7H,8,17H2,1H3. The zero-order chi connectivity index (χ0) is 13.1. The molecule has 0 unspecified atom stereocenters. The summed E-state index contributed by atoms with van der Waals surface area (Å²) in [6, 6.07) is 8.62. The molecular formula is C14H13F2NO. The Balaban J connectivity index is 2.33. The van der Waals surface area contributed by atoms with Gasteiger partial charge in [0.1, 0.15) is 11.6 Å².